The van der Waals surface area contributed by atoms with E-state index in [1.165, 1.54) is 0 Å². The molecule has 0 aliphatic rings. The molecule has 3 aromatic rings. The first-order chi connectivity index (χ1) is 14.1. The van der Waals surface area contributed by atoms with E-state index in [2.05, 4.69) is 26.7 Å². The van der Waals surface area contributed by atoms with Crippen molar-refractivity contribution in [1.82, 2.24) is 20.2 Å². The average Bonchev–Trinajstić information content (AvgIpc) is 3.29. The summed E-state index contributed by atoms with van der Waals surface area (Å²) in [5, 5.41) is 27.2. The predicted octanol–water partition coefficient (Wildman–Crippen LogP) is 0.799. The number of hydrazone groups is 1. The van der Waals surface area contributed by atoms with Gasteiger partial charge in [-0.15, -0.1) is 0 Å². The second-order valence-electron chi connectivity index (χ2n) is 5.64. The number of H-pyrrole nitrogens is 1. The maximum Gasteiger partial charge on any atom is 0.267 e. The number of aromatic amines is 1. The zero-order chi connectivity index (χ0) is 20.8. The fourth-order valence-electron chi connectivity index (χ4n) is 2.65. The molecule has 0 atom stereocenters. The van der Waals surface area contributed by atoms with E-state index in [-0.39, 0.29) is 28.3 Å². The van der Waals surface area contributed by atoms with E-state index in [1.54, 1.807) is 47.4 Å². The first-order valence-corrected chi connectivity index (χ1v) is 9.18. The number of hydrazine groups is 1. The molecule has 29 heavy (non-hydrogen) atoms. The van der Waals surface area contributed by atoms with E-state index in [1.807, 2.05) is 6.07 Å². The van der Waals surface area contributed by atoms with Gasteiger partial charge in [0.25, 0.3) is 5.56 Å². The van der Waals surface area contributed by atoms with Crippen molar-refractivity contribution >= 4 is 17.6 Å². The van der Waals surface area contributed by atoms with Gasteiger partial charge in [-0.1, -0.05) is 23.9 Å². The summed E-state index contributed by atoms with van der Waals surface area (Å²) in [6.45, 7) is 0. The van der Waals surface area contributed by atoms with Crippen molar-refractivity contribution in [3.05, 3.63) is 64.2 Å². The van der Waals surface area contributed by atoms with Crippen LogP contribution >= 0.6 is 11.8 Å². The van der Waals surface area contributed by atoms with E-state index >= 15 is 0 Å². The Labute approximate surface area is 169 Å². The van der Waals surface area contributed by atoms with Crippen molar-refractivity contribution < 1.29 is 0 Å². The van der Waals surface area contributed by atoms with Crippen LogP contribution in [0.3, 0.4) is 0 Å². The Kier molecular flexibility index (Phi) is 5.94. The molecule has 11 heteroatoms. The van der Waals surface area contributed by atoms with Crippen molar-refractivity contribution in [2.75, 3.05) is 5.75 Å². The van der Waals surface area contributed by atoms with Crippen molar-refractivity contribution in [2.24, 2.45) is 16.8 Å². The molecule has 0 aliphatic carbocycles. The third-order valence-corrected chi connectivity index (χ3v) is 5.02. The Morgan fingerprint density at radius 2 is 2.00 bits per heavy atom. The fraction of sp³-hybridized carbons (Fsp3) is 0.0556. The lowest BCUT2D eigenvalue weighted by molar-refractivity contribution is 0.881. The Morgan fingerprint density at radius 3 is 2.55 bits per heavy atom. The van der Waals surface area contributed by atoms with Gasteiger partial charge in [0.15, 0.2) is 0 Å². The molecule has 0 saturated heterocycles. The van der Waals surface area contributed by atoms with Gasteiger partial charge in [0.05, 0.1) is 22.0 Å². The largest absolute Gasteiger partial charge is 0.322 e. The van der Waals surface area contributed by atoms with Crippen LogP contribution in [0.2, 0.25) is 0 Å². The summed E-state index contributed by atoms with van der Waals surface area (Å²) in [5.74, 6) is 11.0. The van der Waals surface area contributed by atoms with E-state index < -0.39 is 5.56 Å². The van der Waals surface area contributed by atoms with Crippen LogP contribution in [0.4, 0.5) is 0 Å². The molecule has 0 bridgehead atoms. The summed E-state index contributed by atoms with van der Waals surface area (Å²) in [4.78, 5) is 15.0. The van der Waals surface area contributed by atoms with Gasteiger partial charge in [-0.25, -0.2) is 10.5 Å². The molecule has 2 aromatic heterocycles. The standard InChI is InChI=1S/C18H15N9OS/c19-8-13-16(11-2-4-12(5-3-11)27-7-1-6-23-27)14(9-20)18(24-17(13)28)29-10-15(25-21)26-22/h1-7H,10,21-22H2,(H,24,28)(H,25,26). The van der Waals surface area contributed by atoms with Gasteiger partial charge >= 0.3 is 0 Å². The number of aromatic nitrogens is 3. The van der Waals surface area contributed by atoms with Crippen LogP contribution < -0.4 is 22.7 Å². The number of nitrogens with one attached hydrogen (secondary N) is 2. The van der Waals surface area contributed by atoms with Crippen molar-refractivity contribution in [1.29, 1.82) is 10.5 Å². The molecule has 144 valence electrons. The number of rotatable bonds is 5. The van der Waals surface area contributed by atoms with Gasteiger partial charge in [-0.05, 0) is 23.8 Å². The Morgan fingerprint density at radius 1 is 1.28 bits per heavy atom. The third kappa shape index (κ3) is 3.96. The highest BCUT2D eigenvalue weighted by Gasteiger charge is 2.20. The quantitative estimate of drug-likeness (QED) is 0.158. The first-order valence-electron chi connectivity index (χ1n) is 8.20. The molecule has 0 radical (unpaired) electrons. The minimum absolute atomic E-state index is 0.137. The van der Waals surface area contributed by atoms with E-state index in [0.29, 0.717) is 10.6 Å². The molecule has 6 N–H and O–H groups in total. The van der Waals surface area contributed by atoms with Crippen LogP contribution in [0, 0.1) is 22.7 Å². The summed E-state index contributed by atoms with van der Waals surface area (Å²) < 4.78 is 1.67. The molecule has 0 fully saturated rings. The number of nitriles is 2. The Hall–Kier alpha value is -4.06. The third-order valence-electron chi connectivity index (χ3n) is 4.01. The fourth-order valence-corrected chi connectivity index (χ4v) is 3.55. The molecule has 0 spiro atoms. The maximum absolute atomic E-state index is 12.5. The summed E-state index contributed by atoms with van der Waals surface area (Å²) in [6.07, 6.45) is 3.45. The molecule has 10 nitrogen and oxygen atoms in total. The van der Waals surface area contributed by atoms with Crippen molar-refractivity contribution in [3.8, 4) is 29.0 Å². The molecule has 0 amide bonds. The number of hydrogen-bond acceptors (Lipinski definition) is 8. The van der Waals surface area contributed by atoms with Crippen LogP contribution in [0.15, 0.2) is 57.6 Å². The number of amidine groups is 1. The minimum Gasteiger partial charge on any atom is -0.322 e. The molecule has 1 aromatic carbocycles. The predicted molar refractivity (Wildman–Crippen MR) is 109 cm³/mol. The lowest BCUT2D eigenvalue weighted by Crippen LogP contribution is -2.33. The van der Waals surface area contributed by atoms with Gasteiger partial charge in [-0.2, -0.15) is 20.7 Å². The number of hydrogen-bond donors (Lipinski definition) is 4. The normalized spacial score (nSPS) is 10.9. The van der Waals surface area contributed by atoms with Crippen LogP contribution in [0.5, 0.6) is 0 Å². The van der Waals surface area contributed by atoms with Gasteiger partial charge in [0.2, 0.25) is 0 Å². The van der Waals surface area contributed by atoms with Gasteiger partial charge in [-0.3, -0.25) is 4.79 Å². The molecular weight excluding hydrogens is 390 g/mol. The second kappa shape index (κ2) is 8.75. The molecule has 0 saturated carbocycles. The summed E-state index contributed by atoms with van der Waals surface area (Å²) in [5.41, 5.74) is 3.40. The van der Waals surface area contributed by atoms with Crippen molar-refractivity contribution in [2.45, 2.75) is 5.03 Å². The van der Waals surface area contributed by atoms with Gasteiger partial charge in [0.1, 0.15) is 23.5 Å². The molecule has 0 unspecified atom stereocenters. The lowest BCUT2D eigenvalue weighted by Gasteiger charge is -2.12. The van der Waals surface area contributed by atoms with E-state index in [0.717, 1.165) is 17.4 Å². The topological polar surface area (TPSA) is 175 Å². The van der Waals surface area contributed by atoms with E-state index in [4.69, 9.17) is 11.7 Å². The van der Waals surface area contributed by atoms with Gasteiger partial charge in [0, 0.05) is 18.0 Å². The van der Waals surface area contributed by atoms with Crippen LogP contribution in [0.25, 0.3) is 16.8 Å². The monoisotopic (exact) mass is 405 g/mol. The summed E-state index contributed by atoms with van der Waals surface area (Å²) >= 11 is 1.12. The first kappa shape index (κ1) is 19.7. The van der Waals surface area contributed by atoms with Gasteiger partial charge < -0.3 is 16.3 Å². The zero-order valence-electron chi connectivity index (χ0n) is 15.0. The average molecular weight is 405 g/mol. The zero-order valence-corrected chi connectivity index (χ0v) is 15.8. The highest BCUT2D eigenvalue weighted by Crippen LogP contribution is 2.31. The van der Waals surface area contributed by atoms with Crippen LogP contribution in [0.1, 0.15) is 11.1 Å². The Balaban J connectivity index is 2.11. The SMILES string of the molecule is N#Cc1c(SC/C(=N/N)NN)[nH]c(=O)c(C#N)c1-c1ccc(-n2cccn2)cc1. The van der Waals surface area contributed by atoms with Crippen LogP contribution in [-0.2, 0) is 0 Å². The summed E-state index contributed by atoms with van der Waals surface area (Å²) in [7, 11) is 0. The number of benzene rings is 1. The highest BCUT2D eigenvalue weighted by molar-refractivity contribution is 8.00. The molecule has 2 heterocycles. The maximum atomic E-state index is 12.5. The smallest absolute Gasteiger partial charge is 0.267 e. The second-order valence-corrected chi connectivity index (χ2v) is 6.62. The number of nitrogens with two attached hydrogens (primary N) is 2. The van der Waals surface area contributed by atoms with E-state index in [9.17, 15) is 15.3 Å². The number of nitrogens with zero attached hydrogens (tertiary/aromatic N) is 5. The molecule has 0 aliphatic heterocycles. The molecular formula is C18H15N9OS. The number of thioether (sulfide) groups is 1. The van der Waals surface area contributed by atoms with Crippen LogP contribution in [-0.4, -0.2) is 26.4 Å². The minimum atomic E-state index is -0.591. The molecule has 3 rings (SSSR count). The summed E-state index contributed by atoms with van der Waals surface area (Å²) in [6, 6.07) is 12.8. The lowest BCUT2D eigenvalue weighted by atomic mass is 9.97. The highest BCUT2D eigenvalue weighted by atomic mass is 32.2. The number of pyridine rings is 1. The Bertz CT molecular complexity index is 1180. The van der Waals surface area contributed by atoms with Crippen molar-refractivity contribution in [3.63, 3.8) is 0 Å².